The van der Waals surface area contributed by atoms with Gasteiger partial charge in [0.15, 0.2) is 11.5 Å². The Morgan fingerprint density at radius 1 is 1.21 bits per heavy atom. The maximum absolute atomic E-state index is 5.66. The number of hydrogen-bond donors (Lipinski definition) is 1. The fourth-order valence-electron chi connectivity index (χ4n) is 2.03. The Labute approximate surface area is 116 Å². The highest BCUT2D eigenvalue weighted by molar-refractivity contribution is 5.61. The molecule has 19 heavy (non-hydrogen) atoms. The zero-order valence-electron chi connectivity index (χ0n) is 12.7. The first-order valence-electron chi connectivity index (χ1n) is 6.67. The van der Waals surface area contributed by atoms with Gasteiger partial charge >= 0.3 is 0 Å². The van der Waals surface area contributed by atoms with Crippen molar-refractivity contribution in [1.29, 1.82) is 0 Å². The molecule has 0 amide bonds. The molecule has 0 aromatic heterocycles. The molecule has 1 aromatic carbocycles. The lowest BCUT2D eigenvalue weighted by Gasteiger charge is -2.24. The predicted octanol–water partition coefficient (Wildman–Crippen LogP) is 2.43. The van der Waals surface area contributed by atoms with Crippen molar-refractivity contribution >= 4 is 5.69 Å². The molecule has 0 fully saturated rings. The van der Waals surface area contributed by atoms with Crippen LogP contribution in [0.4, 0.5) is 5.69 Å². The number of anilines is 1. The average molecular weight is 266 g/mol. The van der Waals surface area contributed by atoms with Crippen LogP contribution in [0.3, 0.4) is 0 Å². The number of nitrogens with two attached hydrogens (primary N) is 1. The summed E-state index contributed by atoms with van der Waals surface area (Å²) in [4.78, 5) is 2.24. The fraction of sp³-hybridized carbons (Fsp3) is 0.600. The first kappa shape index (κ1) is 15.6. The Hall–Kier alpha value is -1.42. The van der Waals surface area contributed by atoms with Gasteiger partial charge in [0, 0.05) is 25.3 Å². The molecule has 1 rings (SSSR count). The van der Waals surface area contributed by atoms with Crippen molar-refractivity contribution in [3.63, 3.8) is 0 Å². The highest BCUT2D eigenvalue weighted by atomic mass is 16.5. The van der Waals surface area contributed by atoms with Gasteiger partial charge in [-0.25, -0.2) is 0 Å². The maximum Gasteiger partial charge on any atom is 0.162 e. The van der Waals surface area contributed by atoms with E-state index in [9.17, 15) is 0 Å². The molecule has 0 bridgehead atoms. The van der Waals surface area contributed by atoms with Crippen molar-refractivity contribution < 1.29 is 9.47 Å². The SMILES string of the molecule is COc1cc(C)c(N(C)CCC(C)CN)cc1OC. The van der Waals surface area contributed by atoms with Gasteiger partial charge in [0.25, 0.3) is 0 Å². The lowest BCUT2D eigenvalue weighted by Crippen LogP contribution is -2.23. The van der Waals surface area contributed by atoms with E-state index in [1.807, 2.05) is 12.1 Å². The molecule has 4 nitrogen and oxygen atoms in total. The number of rotatable bonds is 7. The van der Waals surface area contributed by atoms with E-state index in [2.05, 4.69) is 25.8 Å². The molecule has 0 saturated heterocycles. The van der Waals surface area contributed by atoms with Crippen LogP contribution >= 0.6 is 0 Å². The summed E-state index contributed by atoms with van der Waals surface area (Å²) in [5, 5.41) is 0. The van der Waals surface area contributed by atoms with Gasteiger partial charge in [0.1, 0.15) is 0 Å². The van der Waals surface area contributed by atoms with Crippen LogP contribution in [-0.4, -0.2) is 34.4 Å². The molecule has 1 atom stereocenters. The van der Waals surface area contributed by atoms with Gasteiger partial charge < -0.3 is 20.1 Å². The van der Waals surface area contributed by atoms with Gasteiger partial charge in [-0.3, -0.25) is 0 Å². The van der Waals surface area contributed by atoms with Crippen molar-refractivity contribution in [2.24, 2.45) is 11.7 Å². The van der Waals surface area contributed by atoms with Crippen LogP contribution in [0.1, 0.15) is 18.9 Å². The third kappa shape index (κ3) is 4.03. The number of nitrogens with zero attached hydrogens (tertiary/aromatic N) is 1. The van der Waals surface area contributed by atoms with E-state index < -0.39 is 0 Å². The fourth-order valence-corrected chi connectivity index (χ4v) is 2.03. The van der Waals surface area contributed by atoms with E-state index in [0.717, 1.165) is 31.0 Å². The van der Waals surface area contributed by atoms with E-state index in [1.54, 1.807) is 14.2 Å². The van der Waals surface area contributed by atoms with Crippen molar-refractivity contribution in [3.8, 4) is 11.5 Å². The van der Waals surface area contributed by atoms with Crippen LogP contribution in [0, 0.1) is 12.8 Å². The minimum absolute atomic E-state index is 0.544. The molecule has 0 radical (unpaired) electrons. The van der Waals surface area contributed by atoms with Gasteiger partial charge in [0.05, 0.1) is 14.2 Å². The number of aryl methyl sites for hydroxylation is 1. The molecule has 0 aliphatic heterocycles. The molecule has 0 heterocycles. The van der Waals surface area contributed by atoms with Crippen LogP contribution in [0.15, 0.2) is 12.1 Å². The summed E-state index contributed by atoms with van der Waals surface area (Å²) in [6, 6.07) is 4.04. The third-order valence-electron chi connectivity index (χ3n) is 3.47. The molecule has 108 valence electrons. The van der Waals surface area contributed by atoms with Crippen molar-refractivity contribution in [2.75, 3.05) is 39.3 Å². The summed E-state index contributed by atoms with van der Waals surface area (Å²) in [5.41, 5.74) is 8.00. The predicted molar refractivity (Wildman–Crippen MR) is 80.4 cm³/mol. The summed E-state index contributed by atoms with van der Waals surface area (Å²) in [7, 11) is 5.41. The van der Waals surface area contributed by atoms with Crippen LogP contribution in [0.25, 0.3) is 0 Å². The molecule has 1 unspecified atom stereocenters. The van der Waals surface area contributed by atoms with Crippen LogP contribution in [0.5, 0.6) is 11.5 Å². The van der Waals surface area contributed by atoms with Crippen LogP contribution < -0.4 is 20.1 Å². The normalized spacial score (nSPS) is 12.1. The lowest BCUT2D eigenvalue weighted by atomic mass is 10.1. The largest absolute Gasteiger partial charge is 0.493 e. The second-order valence-corrected chi connectivity index (χ2v) is 5.04. The number of hydrogen-bond acceptors (Lipinski definition) is 4. The highest BCUT2D eigenvalue weighted by Gasteiger charge is 2.12. The summed E-state index contributed by atoms with van der Waals surface area (Å²) in [6.45, 7) is 5.98. The zero-order chi connectivity index (χ0) is 14.4. The molecule has 0 spiro atoms. The quantitative estimate of drug-likeness (QED) is 0.823. The third-order valence-corrected chi connectivity index (χ3v) is 3.47. The summed E-state index contributed by atoms with van der Waals surface area (Å²) in [5.74, 6) is 2.08. The van der Waals surface area contributed by atoms with Gasteiger partial charge in [-0.2, -0.15) is 0 Å². The number of benzene rings is 1. The van der Waals surface area contributed by atoms with Crippen molar-refractivity contribution in [2.45, 2.75) is 20.3 Å². The number of ether oxygens (including phenoxy) is 2. The first-order chi connectivity index (χ1) is 9.03. The highest BCUT2D eigenvalue weighted by Crippen LogP contribution is 2.34. The van der Waals surface area contributed by atoms with Gasteiger partial charge in [-0.05, 0) is 37.4 Å². The molecule has 2 N–H and O–H groups in total. The van der Waals surface area contributed by atoms with Crippen molar-refractivity contribution in [1.82, 2.24) is 0 Å². The Kier molecular flexibility index (Phi) is 5.96. The average Bonchev–Trinajstić information content (AvgIpc) is 2.43. The molecule has 0 saturated carbocycles. The summed E-state index contributed by atoms with van der Waals surface area (Å²) in [6.07, 6.45) is 1.08. The van der Waals surface area contributed by atoms with Gasteiger partial charge in [-0.1, -0.05) is 6.92 Å². The van der Waals surface area contributed by atoms with E-state index >= 15 is 0 Å². The molecule has 0 aliphatic carbocycles. The smallest absolute Gasteiger partial charge is 0.162 e. The Balaban J connectivity index is 2.87. The van der Waals surface area contributed by atoms with E-state index in [-0.39, 0.29) is 0 Å². The molecular weight excluding hydrogens is 240 g/mol. The van der Waals surface area contributed by atoms with Gasteiger partial charge in [-0.15, -0.1) is 0 Å². The zero-order valence-corrected chi connectivity index (χ0v) is 12.7. The topological polar surface area (TPSA) is 47.7 Å². The van der Waals surface area contributed by atoms with Gasteiger partial charge in [0.2, 0.25) is 0 Å². The monoisotopic (exact) mass is 266 g/mol. The minimum atomic E-state index is 0.544. The Morgan fingerprint density at radius 3 is 2.32 bits per heavy atom. The van der Waals surface area contributed by atoms with E-state index in [1.165, 1.54) is 11.3 Å². The minimum Gasteiger partial charge on any atom is -0.493 e. The molecule has 0 aliphatic rings. The second kappa shape index (κ2) is 7.24. The van der Waals surface area contributed by atoms with E-state index in [4.69, 9.17) is 15.2 Å². The van der Waals surface area contributed by atoms with Crippen LogP contribution in [0.2, 0.25) is 0 Å². The van der Waals surface area contributed by atoms with Crippen LogP contribution in [-0.2, 0) is 0 Å². The first-order valence-corrected chi connectivity index (χ1v) is 6.67. The standard InChI is InChI=1S/C15H26N2O2/c1-11(10-16)6-7-17(3)13-9-15(19-5)14(18-4)8-12(13)2/h8-9,11H,6-7,10,16H2,1-5H3. The molecular formula is C15H26N2O2. The lowest BCUT2D eigenvalue weighted by molar-refractivity contribution is 0.354. The summed E-state index contributed by atoms with van der Waals surface area (Å²) >= 11 is 0. The maximum atomic E-state index is 5.66. The van der Waals surface area contributed by atoms with E-state index in [0.29, 0.717) is 5.92 Å². The Bertz CT molecular complexity index is 407. The van der Waals surface area contributed by atoms with Crippen molar-refractivity contribution in [3.05, 3.63) is 17.7 Å². The molecule has 1 aromatic rings. The number of methoxy groups -OCH3 is 2. The Morgan fingerprint density at radius 2 is 1.79 bits per heavy atom. The molecule has 4 heteroatoms. The summed E-state index contributed by atoms with van der Waals surface area (Å²) < 4.78 is 10.7. The second-order valence-electron chi connectivity index (χ2n) is 5.04.